The highest BCUT2D eigenvalue weighted by Crippen LogP contribution is 2.42. The third-order valence-corrected chi connectivity index (χ3v) is 8.12. The first-order chi connectivity index (χ1) is 19.4. The standard InChI is InChI=1S/C31H29N3O6/c1-3-18(4-2)34-30(37)25-20(17-8-5-6-9-17)13-14-23(26(25)31(34)38)32-33-27-28(35)21-12-11-19(16-22(21)29(27)36)40-24-10-7-15-39-24/h7,10-18,32H,3-6,8-9H2,1-2H3. The Kier molecular flexibility index (Phi) is 6.57. The zero-order valence-electron chi connectivity index (χ0n) is 22.4. The summed E-state index contributed by atoms with van der Waals surface area (Å²) in [5.74, 6) is 0.163. The first kappa shape index (κ1) is 25.7. The van der Waals surface area contributed by atoms with Crippen LogP contribution in [0.1, 0.15) is 84.6 Å². The summed E-state index contributed by atoms with van der Waals surface area (Å²) in [6.07, 6.45) is 6.89. The number of anilines is 1. The highest BCUT2D eigenvalue weighted by molar-refractivity contribution is 6.24. The third-order valence-electron chi connectivity index (χ3n) is 8.12. The topological polar surface area (TPSA) is 118 Å². The van der Waals surface area contributed by atoms with Gasteiger partial charge in [-0.1, -0.05) is 32.8 Å². The smallest absolute Gasteiger partial charge is 0.289 e. The van der Waals surface area contributed by atoms with Crippen LogP contribution in [0, 0.1) is 0 Å². The fourth-order valence-electron chi connectivity index (χ4n) is 6.05. The second-order valence-corrected chi connectivity index (χ2v) is 10.4. The molecule has 0 unspecified atom stereocenters. The number of ether oxygens (including phenoxy) is 1. The zero-order chi connectivity index (χ0) is 28.0. The number of hydrogen-bond acceptors (Lipinski definition) is 8. The summed E-state index contributed by atoms with van der Waals surface area (Å²) in [4.78, 5) is 55.0. The molecule has 9 heteroatoms. The number of hydrogen-bond donors (Lipinski definition) is 1. The molecule has 0 spiro atoms. The van der Waals surface area contributed by atoms with E-state index < -0.39 is 10.9 Å². The van der Waals surface area contributed by atoms with E-state index in [-0.39, 0.29) is 51.4 Å². The number of fused-ring (bicyclic) bond motifs is 2. The van der Waals surface area contributed by atoms with Gasteiger partial charge in [-0.25, -0.2) is 0 Å². The molecule has 1 aromatic heterocycles. The van der Waals surface area contributed by atoms with E-state index >= 15 is 0 Å². The van der Waals surface area contributed by atoms with Crippen LogP contribution in [0.15, 0.2) is 67.8 Å². The van der Waals surface area contributed by atoms with Crippen LogP contribution in [0.2, 0.25) is 0 Å². The van der Waals surface area contributed by atoms with Crippen LogP contribution in [-0.2, 0) is 0 Å². The number of nitrogens with zero attached hydrogens (tertiary/aromatic N) is 2. The maximum absolute atomic E-state index is 13.7. The summed E-state index contributed by atoms with van der Waals surface area (Å²) >= 11 is 0. The second kappa shape index (κ2) is 10.2. The van der Waals surface area contributed by atoms with Crippen molar-refractivity contribution in [2.24, 2.45) is 5.10 Å². The Balaban J connectivity index is 1.42. The Morgan fingerprint density at radius 2 is 1.68 bits per heavy atom. The Bertz CT molecular complexity index is 1770. The summed E-state index contributed by atoms with van der Waals surface area (Å²) in [7, 11) is 0. The average Bonchev–Trinajstić information content (AvgIpc) is 3.76. The lowest BCUT2D eigenvalue weighted by molar-refractivity contribution is 0.0575. The van der Waals surface area contributed by atoms with Crippen LogP contribution in [-0.4, -0.2) is 22.8 Å². The van der Waals surface area contributed by atoms with Crippen LogP contribution in [0.5, 0.6) is 11.7 Å². The molecule has 6 rings (SSSR count). The lowest BCUT2D eigenvalue weighted by Gasteiger charge is -2.24. The monoisotopic (exact) mass is 539 g/mol. The molecule has 2 heterocycles. The summed E-state index contributed by atoms with van der Waals surface area (Å²) < 4.78 is 10.8. The Labute approximate surface area is 229 Å². The van der Waals surface area contributed by atoms with Gasteiger partial charge in [-0.2, -0.15) is 5.10 Å². The van der Waals surface area contributed by atoms with Gasteiger partial charge in [0.2, 0.25) is 10.9 Å². The fourth-order valence-corrected chi connectivity index (χ4v) is 6.05. The molecule has 2 amide bonds. The van der Waals surface area contributed by atoms with Crippen molar-refractivity contribution in [3.63, 3.8) is 0 Å². The SMILES string of the molecule is CCC(CC)N1C(=O)c2c(NN=c3c(=O)c4ccc(Oc5ccco5)cc4c3=O)ccc(C3CCCC3)c2C1=O. The van der Waals surface area contributed by atoms with Crippen LogP contribution in [0.25, 0.3) is 10.8 Å². The highest BCUT2D eigenvalue weighted by Gasteiger charge is 2.43. The molecule has 40 heavy (non-hydrogen) atoms. The number of imide groups is 1. The molecule has 1 N–H and O–H groups in total. The van der Waals surface area contributed by atoms with Gasteiger partial charge in [-0.05, 0) is 67.5 Å². The van der Waals surface area contributed by atoms with E-state index in [1.165, 1.54) is 23.3 Å². The van der Waals surface area contributed by atoms with E-state index in [2.05, 4.69) is 10.5 Å². The van der Waals surface area contributed by atoms with Gasteiger partial charge in [0.15, 0.2) is 5.36 Å². The number of furan rings is 1. The van der Waals surface area contributed by atoms with Crippen LogP contribution < -0.4 is 26.4 Å². The molecule has 204 valence electrons. The third kappa shape index (κ3) is 4.13. The maximum Gasteiger partial charge on any atom is 0.289 e. The predicted octanol–water partition coefficient (Wildman–Crippen LogP) is 5.19. The van der Waals surface area contributed by atoms with Crippen LogP contribution >= 0.6 is 0 Å². The van der Waals surface area contributed by atoms with Gasteiger partial charge in [-0.15, -0.1) is 0 Å². The van der Waals surface area contributed by atoms with Gasteiger partial charge in [0.1, 0.15) is 5.75 Å². The van der Waals surface area contributed by atoms with Crippen molar-refractivity contribution >= 4 is 28.3 Å². The Hall–Kier alpha value is -4.53. The van der Waals surface area contributed by atoms with Gasteiger partial charge in [-0.3, -0.25) is 29.5 Å². The molecule has 4 aromatic rings. The lowest BCUT2D eigenvalue weighted by Crippen LogP contribution is -2.39. The number of nitrogens with one attached hydrogen (secondary N) is 1. The molecule has 9 nitrogen and oxygen atoms in total. The molecule has 1 saturated carbocycles. The van der Waals surface area contributed by atoms with E-state index in [0.29, 0.717) is 29.8 Å². The summed E-state index contributed by atoms with van der Waals surface area (Å²) in [6, 6.07) is 11.3. The highest BCUT2D eigenvalue weighted by atomic mass is 16.6. The van der Waals surface area contributed by atoms with Gasteiger partial charge in [0.25, 0.3) is 17.8 Å². The predicted molar refractivity (Wildman–Crippen MR) is 149 cm³/mol. The van der Waals surface area contributed by atoms with E-state index in [1.807, 2.05) is 19.9 Å². The number of rotatable bonds is 8. The number of benzene rings is 2. The van der Waals surface area contributed by atoms with Crippen molar-refractivity contribution in [1.29, 1.82) is 0 Å². The molecular formula is C31H29N3O6. The molecule has 3 aromatic carbocycles. The first-order valence-electron chi connectivity index (χ1n) is 13.8. The number of amides is 2. The molecule has 2 aliphatic rings. The summed E-state index contributed by atoms with van der Waals surface area (Å²) in [5, 5.41) is 4.26. The lowest BCUT2D eigenvalue weighted by atomic mass is 9.90. The molecule has 1 fully saturated rings. The number of carbonyl (C=O) groups excluding carboxylic acids is 2. The van der Waals surface area contributed by atoms with Gasteiger partial charge < -0.3 is 9.15 Å². The van der Waals surface area contributed by atoms with E-state index in [1.54, 1.807) is 24.3 Å². The van der Waals surface area contributed by atoms with Crippen molar-refractivity contribution in [2.75, 3.05) is 5.43 Å². The molecule has 0 bridgehead atoms. The summed E-state index contributed by atoms with van der Waals surface area (Å²) in [6.45, 7) is 3.92. The zero-order valence-corrected chi connectivity index (χ0v) is 22.4. The molecular weight excluding hydrogens is 510 g/mol. The van der Waals surface area contributed by atoms with Gasteiger partial charge in [0, 0.05) is 22.9 Å². The Morgan fingerprint density at radius 1 is 0.950 bits per heavy atom. The molecule has 0 radical (unpaired) electrons. The summed E-state index contributed by atoms with van der Waals surface area (Å²) in [5.41, 5.74) is 3.58. The van der Waals surface area contributed by atoms with Crippen molar-refractivity contribution < 1.29 is 18.7 Å². The van der Waals surface area contributed by atoms with E-state index in [4.69, 9.17) is 9.15 Å². The molecule has 0 atom stereocenters. The largest absolute Gasteiger partial charge is 0.434 e. The van der Waals surface area contributed by atoms with Crippen LogP contribution in [0.4, 0.5) is 5.69 Å². The van der Waals surface area contributed by atoms with Gasteiger partial charge in [0.05, 0.1) is 23.1 Å². The first-order valence-corrected chi connectivity index (χ1v) is 13.8. The fraction of sp³-hybridized carbons (Fsp3) is 0.323. The Morgan fingerprint density at radius 3 is 2.38 bits per heavy atom. The van der Waals surface area contributed by atoms with Crippen molar-refractivity contribution in [1.82, 2.24) is 4.90 Å². The average molecular weight is 540 g/mol. The van der Waals surface area contributed by atoms with Crippen molar-refractivity contribution in [3.8, 4) is 11.7 Å². The second-order valence-electron chi connectivity index (χ2n) is 10.4. The maximum atomic E-state index is 13.7. The molecule has 1 aliphatic heterocycles. The van der Waals surface area contributed by atoms with Crippen molar-refractivity contribution in [2.45, 2.75) is 64.3 Å². The molecule has 1 aliphatic carbocycles. The minimum atomic E-state index is -0.558. The number of carbonyl (C=O) groups is 2. The minimum absolute atomic E-state index is 0.169. The van der Waals surface area contributed by atoms with Crippen molar-refractivity contribution in [3.05, 3.63) is 91.2 Å². The van der Waals surface area contributed by atoms with Gasteiger partial charge >= 0.3 is 0 Å². The van der Waals surface area contributed by atoms with Crippen LogP contribution in [0.3, 0.4) is 0 Å². The quantitative estimate of drug-likeness (QED) is 0.242. The minimum Gasteiger partial charge on any atom is -0.434 e. The van der Waals surface area contributed by atoms with E-state index in [9.17, 15) is 19.2 Å². The normalized spacial score (nSPS) is 16.1. The van der Waals surface area contributed by atoms with E-state index in [0.717, 1.165) is 31.2 Å². The molecule has 0 saturated heterocycles.